The number of carbonyl (C=O) groups is 1. The molecule has 0 rings (SSSR count). The summed E-state index contributed by atoms with van der Waals surface area (Å²) in [5, 5.41) is 0. The molecular formula is C10H20O3. The number of rotatable bonds is 9. The Bertz CT molecular complexity index is 115. The molecule has 0 heterocycles. The van der Waals surface area contributed by atoms with E-state index in [1.807, 2.05) is 0 Å². The van der Waals surface area contributed by atoms with Crippen molar-refractivity contribution in [1.82, 2.24) is 0 Å². The number of hydrogen-bond donors (Lipinski definition) is 0. The summed E-state index contributed by atoms with van der Waals surface area (Å²) in [7, 11) is 1.59. The molecule has 3 nitrogen and oxygen atoms in total. The lowest BCUT2D eigenvalue weighted by Gasteiger charge is -2.14. The predicted molar refractivity (Wildman–Crippen MR) is 51.6 cm³/mol. The van der Waals surface area contributed by atoms with Crippen molar-refractivity contribution >= 4 is 6.29 Å². The summed E-state index contributed by atoms with van der Waals surface area (Å²) in [6, 6.07) is 0. The van der Waals surface area contributed by atoms with Crippen LogP contribution < -0.4 is 0 Å². The van der Waals surface area contributed by atoms with E-state index in [2.05, 4.69) is 6.92 Å². The van der Waals surface area contributed by atoms with Crippen LogP contribution in [0.5, 0.6) is 0 Å². The van der Waals surface area contributed by atoms with Crippen LogP contribution in [0, 0.1) is 0 Å². The molecule has 3 heteroatoms. The molecule has 0 N–H and O–H groups in total. The molecule has 0 saturated carbocycles. The van der Waals surface area contributed by atoms with Crippen molar-refractivity contribution in [2.45, 2.75) is 45.1 Å². The van der Waals surface area contributed by atoms with Crippen LogP contribution in [0.4, 0.5) is 0 Å². The fraction of sp³-hybridized carbons (Fsp3) is 0.900. The van der Waals surface area contributed by atoms with Crippen molar-refractivity contribution in [2.75, 3.05) is 13.9 Å². The maximum Gasteiger partial charge on any atom is 0.146 e. The number of aldehydes is 1. The highest BCUT2D eigenvalue weighted by molar-refractivity contribution is 5.50. The fourth-order valence-corrected chi connectivity index (χ4v) is 1.16. The van der Waals surface area contributed by atoms with Crippen LogP contribution in [0.3, 0.4) is 0 Å². The fourth-order valence-electron chi connectivity index (χ4n) is 1.16. The average molecular weight is 188 g/mol. The van der Waals surface area contributed by atoms with Crippen LogP contribution in [0.2, 0.25) is 0 Å². The van der Waals surface area contributed by atoms with Crippen LogP contribution in [-0.4, -0.2) is 26.3 Å². The van der Waals surface area contributed by atoms with E-state index in [0.29, 0.717) is 6.42 Å². The van der Waals surface area contributed by atoms with Gasteiger partial charge in [0.2, 0.25) is 0 Å². The molecular weight excluding hydrogens is 168 g/mol. The number of unbranched alkanes of at least 4 members (excludes halogenated alkanes) is 2. The zero-order chi connectivity index (χ0) is 9.94. The molecule has 0 aliphatic carbocycles. The summed E-state index contributed by atoms with van der Waals surface area (Å²) < 4.78 is 10.1. The highest BCUT2D eigenvalue weighted by Gasteiger charge is 2.07. The van der Waals surface area contributed by atoms with Crippen LogP contribution in [-0.2, 0) is 14.3 Å². The van der Waals surface area contributed by atoms with Gasteiger partial charge in [-0.1, -0.05) is 26.2 Å². The molecule has 0 radical (unpaired) electrons. The van der Waals surface area contributed by atoms with E-state index in [1.165, 1.54) is 12.8 Å². The Labute approximate surface area is 80.4 Å². The van der Waals surface area contributed by atoms with Crippen LogP contribution >= 0.6 is 0 Å². The summed E-state index contributed by atoms with van der Waals surface area (Å²) in [4.78, 5) is 10.3. The van der Waals surface area contributed by atoms with Gasteiger partial charge in [0, 0.05) is 13.5 Å². The predicted octanol–water partition coefficient (Wildman–Crippen LogP) is 2.14. The quantitative estimate of drug-likeness (QED) is 0.316. The summed E-state index contributed by atoms with van der Waals surface area (Å²) in [6.07, 6.45) is 5.90. The average Bonchev–Trinajstić information content (AvgIpc) is 2.14. The van der Waals surface area contributed by atoms with Gasteiger partial charge in [0.25, 0.3) is 0 Å². The normalized spacial score (nSPS) is 12.8. The lowest BCUT2D eigenvalue weighted by atomic mass is 10.1. The smallest absolute Gasteiger partial charge is 0.146 e. The van der Waals surface area contributed by atoms with Crippen LogP contribution in [0.25, 0.3) is 0 Å². The second kappa shape index (κ2) is 9.68. The van der Waals surface area contributed by atoms with E-state index in [0.717, 1.165) is 19.1 Å². The maximum absolute atomic E-state index is 10.3. The van der Waals surface area contributed by atoms with Crippen molar-refractivity contribution in [1.29, 1.82) is 0 Å². The number of carbonyl (C=O) groups excluding carboxylic acids is 1. The molecule has 0 unspecified atom stereocenters. The number of hydrogen-bond acceptors (Lipinski definition) is 3. The van der Waals surface area contributed by atoms with Gasteiger partial charge in [0.1, 0.15) is 13.1 Å². The first kappa shape index (κ1) is 12.6. The maximum atomic E-state index is 10.3. The third kappa shape index (κ3) is 7.94. The molecule has 0 aliphatic rings. The minimum Gasteiger partial charge on any atom is -0.359 e. The van der Waals surface area contributed by atoms with Gasteiger partial charge in [-0.3, -0.25) is 0 Å². The van der Waals surface area contributed by atoms with Gasteiger partial charge >= 0.3 is 0 Å². The molecule has 78 valence electrons. The molecule has 0 fully saturated rings. The summed E-state index contributed by atoms with van der Waals surface area (Å²) in [6.45, 7) is 2.44. The third-order valence-corrected chi connectivity index (χ3v) is 1.91. The molecule has 0 aromatic rings. The van der Waals surface area contributed by atoms with Crippen LogP contribution in [0.15, 0.2) is 0 Å². The third-order valence-electron chi connectivity index (χ3n) is 1.91. The van der Waals surface area contributed by atoms with Gasteiger partial charge in [0.15, 0.2) is 0 Å². The van der Waals surface area contributed by atoms with Crippen molar-refractivity contribution < 1.29 is 14.3 Å². The second-order valence-electron chi connectivity index (χ2n) is 3.09. The van der Waals surface area contributed by atoms with Gasteiger partial charge in [-0.25, -0.2) is 0 Å². The monoisotopic (exact) mass is 188 g/mol. The number of methoxy groups -OCH3 is 1. The van der Waals surface area contributed by atoms with E-state index in [1.54, 1.807) is 7.11 Å². The lowest BCUT2D eigenvalue weighted by Crippen LogP contribution is -2.15. The molecule has 0 bridgehead atoms. The van der Waals surface area contributed by atoms with E-state index in [9.17, 15) is 4.79 Å². The highest BCUT2D eigenvalue weighted by Crippen LogP contribution is 2.09. The van der Waals surface area contributed by atoms with Crippen molar-refractivity contribution in [3.63, 3.8) is 0 Å². The van der Waals surface area contributed by atoms with Gasteiger partial charge in [-0.15, -0.1) is 0 Å². The van der Waals surface area contributed by atoms with E-state index < -0.39 is 0 Å². The SMILES string of the molecule is CCCCC[C@@H](CC=O)OCOC. The molecule has 0 saturated heterocycles. The van der Waals surface area contributed by atoms with E-state index in [4.69, 9.17) is 9.47 Å². The summed E-state index contributed by atoms with van der Waals surface area (Å²) in [5.41, 5.74) is 0. The Morgan fingerprint density at radius 1 is 1.38 bits per heavy atom. The number of ether oxygens (including phenoxy) is 2. The standard InChI is InChI=1S/C10H20O3/c1-3-4-5-6-10(7-8-11)13-9-12-2/h8,10H,3-7,9H2,1-2H3/t10-/m0/s1. The molecule has 0 aromatic carbocycles. The van der Waals surface area contributed by atoms with Gasteiger partial charge in [0.05, 0.1) is 6.10 Å². The molecule has 0 spiro atoms. The Morgan fingerprint density at radius 3 is 2.69 bits per heavy atom. The summed E-state index contributed by atoms with van der Waals surface area (Å²) >= 11 is 0. The first-order valence-electron chi connectivity index (χ1n) is 4.89. The van der Waals surface area contributed by atoms with Crippen molar-refractivity contribution in [2.24, 2.45) is 0 Å². The first-order valence-corrected chi connectivity index (χ1v) is 4.89. The minimum atomic E-state index is 0.0454. The highest BCUT2D eigenvalue weighted by atomic mass is 16.7. The van der Waals surface area contributed by atoms with E-state index >= 15 is 0 Å². The first-order chi connectivity index (χ1) is 6.35. The molecule has 0 aromatic heterocycles. The molecule has 1 atom stereocenters. The lowest BCUT2D eigenvalue weighted by molar-refractivity contribution is -0.115. The Morgan fingerprint density at radius 2 is 2.15 bits per heavy atom. The Kier molecular flexibility index (Phi) is 9.37. The topological polar surface area (TPSA) is 35.5 Å². The van der Waals surface area contributed by atoms with E-state index in [-0.39, 0.29) is 12.9 Å². The molecule has 0 aliphatic heterocycles. The van der Waals surface area contributed by atoms with Gasteiger partial charge in [-0.05, 0) is 6.42 Å². The second-order valence-corrected chi connectivity index (χ2v) is 3.09. The zero-order valence-corrected chi connectivity index (χ0v) is 8.62. The van der Waals surface area contributed by atoms with Crippen molar-refractivity contribution in [3.05, 3.63) is 0 Å². The van der Waals surface area contributed by atoms with Crippen molar-refractivity contribution in [3.8, 4) is 0 Å². The summed E-state index contributed by atoms with van der Waals surface area (Å²) in [5.74, 6) is 0. The minimum absolute atomic E-state index is 0.0454. The van der Waals surface area contributed by atoms with Gasteiger partial charge in [-0.2, -0.15) is 0 Å². The Balaban J connectivity index is 3.47. The molecule has 0 amide bonds. The van der Waals surface area contributed by atoms with Crippen LogP contribution in [0.1, 0.15) is 39.0 Å². The largest absolute Gasteiger partial charge is 0.359 e. The Hall–Kier alpha value is -0.410. The molecule has 13 heavy (non-hydrogen) atoms. The van der Waals surface area contributed by atoms with Gasteiger partial charge < -0.3 is 14.3 Å². The zero-order valence-electron chi connectivity index (χ0n) is 8.62.